The molecule has 1 amide bonds. The van der Waals surface area contributed by atoms with Crippen LogP contribution < -0.4 is 10.6 Å². The lowest BCUT2D eigenvalue weighted by atomic mass is 9.99. The van der Waals surface area contributed by atoms with E-state index >= 15 is 0 Å². The number of piperazine rings is 1. The third-order valence-corrected chi connectivity index (χ3v) is 6.73. The Morgan fingerprint density at radius 2 is 1.30 bits per heavy atom. The number of anilines is 1. The number of nitrogens with two attached hydrogens (primary N) is 1. The van der Waals surface area contributed by atoms with Crippen LogP contribution in [0.4, 0.5) is 11.4 Å². The SMILES string of the molecule is CN1CCN(c2ccc(-c3cc(-c4ccc(C(N)=O)cc4)cc(-c4ccc([N+](=O)[O-])cc4)n3)cc2)CC1. The van der Waals surface area contributed by atoms with Crippen LogP contribution in [0.3, 0.4) is 0 Å². The number of nitrogens with zero attached hydrogens (tertiary/aromatic N) is 4. The zero-order valence-corrected chi connectivity index (χ0v) is 20.5. The van der Waals surface area contributed by atoms with Crippen molar-refractivity contribution in [2.45, 2.75) is 0 Å². The number of aromatic nitrogens is 1. The predicted octanol–water partition coefficient (Wildman–Crippen LogP) is 4.84. The number of amides is 1. The summed E-state index contributed by atoms with van der Waals surface area (Å²) in [6.07, 6.45) is 0. The first kappa shape index (κ1) is 24.1. The summed E-state index contributed by atoms with van der Waals surface area (Å²) in [6.45, 7) is 4.07. The topological polar surface area (TPSA) is 106 Å². The molecular weight excluding hydrogens is 466 g/mol. The summed E-state index contributed by atoms with van der Waals surface area (Å²) >= 11 is 0. The lowest BCUT2D eigenvalue weighted by Crippen LogP contribution is -2.44. The zero-order valence-electron chi connectivity index (χ0n) is 20.5. The highest BCUT2D eigenvalue weighted by Gasteiger charge is 2.15. The molecule has 8 heteroatoms. The number of nitro benzene ring substituents is 1. The number of pyridine rings is 1. The summed E-state index contributed by atoms with van der Waals surface area (Å²) in [4.78, 5) is 31.8. The first-order valence-electron chi connectivity index (χ1n) is 12.1. The molecule has 0 spiro atoms. The van der Waals surface area contributed by atoms with E-state index in [1.807, 2.05) is 24.3 Å². The monoisotopic (exact) mass is 493 g/mol. The molecule has 1 aliphatic rings. The van der Waals surface area contributed by atoms with Crippen molar-refractivity contribution >= 4 is 17.3 Å². The molecule has 0 radical (unpaired) electrons. The Labute approximate surface area is 215 Å². The van der Waals surface area contributed by atoms with Gasteiger partial charge < -0.3 is 15.5 Å². The van der Waals surface area contributed by atoms with Crippen molar-refractivity contribution in [3.8, 4) is 33.6 Å². The second-order valence-electron chi connectivity index (χ2n) is 9.21. The van der Waals surface area contributed by atoms with Gasteiger partial charge in [0.15, 0.2) is 0 Å². The van der Waals surface area contributed by atoms with Crippen molar-refractivity contribution in [2.75, 3.05) is 38.1 Å². The van der Waals surface area contributed by atoms with Gasteiger partial charge >= 0.3 is 0 Å². The van der Waals surface area contributed by atoms with Gasteiger partial charge in [0.05, 0.1) is 16.3 Å². The largest absolute Gasteiger partial charge is 0.369 e. The van der Waals surface area contributed by atoms with E-state index in [4.69, 9.17) is 10.7 Å². The zero-order chi connectivity index (χ0) is 25.9. The molecule has 4 aromatic rings. The maximum atomic E-state index is 11.5. The predicted molar refractivity (Wildman–Crippen MR) is 145 cm³/mol. The lowest BCUT2D eigenvalue weighted by Gasteiger charge is -2.34. The summed E-state index contributed by atoms with van der Waals surface area (Å²) < 4.78 is 0. The third-order valence-electron chi connectivity index (χ3n) is 6.73. The Bertz CT molecular complexity index is 1350. The van der Waals surface area contributed by atoms with E-state index in [2.05, 4.69) is 41.1 Å². The Morgan fingerprint density at radius 3 is 1.81 bits per heavy atom. The van der Waals surface area contributed by atoms with Crippen LogP contribution in [0, 0.1) is 10.1 Å². The molecule has 0 aliphatic carbocycles. The molecular formula is C29H27N5O3. The molecule has 2 N–H and O–H groups in total. The van der Waals surface area contributed by atoms with E-state index in [1.54, 1.807) is 24.3 Å². The summed E-state index contributed by atoms with van der Waals surface area (Å²) in [7, 11) is 2.14. The summed E-state index contributed by atoms with van der Waals surface area (Å²) in [5.41, 5.74) is 12.1. The van der Waals surface area contributed by atoms with Crippen LogP contribution in [0.5, 0.6) is 0 Å². The number of likely N-dealkylation sites (N-methyl/N-ethyl adjacent to an activating group) is 1. The van der Waals surface area contributed by atoms with Gasteiger partial charge in [0.2, 0.25) is 5.91 Å². The summed E-state index contributed by atoms with van der Waals surface area (Å²) in [6, 6.07) is 25.9. The smallest absolute Gasteiger partial charge is 0.269 e. The standard InChI is InChI=1S/C29H27N5O3/c1-32-14-16-33(17-15-32)25-10-6-21(7-11-25)27-18-24(20-2-4-23(5-3-20)29(30)35)19-28(31-27)22-8-12-26(13-9-22)34(36)37/h2-13,18-19H,14-17H2,1H3,(H2,30,35). The van der Waals surface area contributed by atoms with Gasteiger partial charge in [-0.2, -0.15) is 0 Å². The Kier molecular flexibility index (Phi) is 6.66. The average molecular weight is 494 g/mol. The van der Waals surface area contributed by atoms with Crippen LogP contribution in [0.1, 0.15) is 10.4 Å². The van der Waals surface area contributed by atoms with E-state index in [-0.39, 0.29) is 5.69 Å². The molecule has 37 heavy (non-hydrogen) atoms. The maximum Gasteiger partial charge on any atom is 0.269 e. The van der Waals surface area contributed by atoms with Crippen LogP contribution in [0.15, 0.2) is 84.9 Å². The fraction of sp³-hybridized carbons (Fsp3) is 0.172. The van der Waals surface area contributed by atoms with E-state index in [0.717, 1.165) is 54.1 Å². The maximum absolute atomic E-state index is 11.5. The Balaban J connectivity index is 1.53. The number of primary amides is 1. The average Bonchev–Trinajstić information content (AvgIpc) is 2.93. The minimum absolute atomic E-state index is 0.0293. The Morgan fingerprint density at radius 1 is 0.784 bits per heavy atom. The normalized spacial score (nSPS) is 13.9. The number of hydrogen-bond donors (Lipinski definition) is 1. The first-order chi connectivity index (χ1) is 17.9. The summed E-state index contributed by atoms with van der Waals surface area (Å²) in [5, 5.41) is 11.1. The number of hydrogen-bond acceptors (Lipinski definition) is 6. The molecule has 3 aromatic carbocycles. The van der Waals surface area contributed by atoms with E-state index in [0.29, 0.717) is 11.3 Å². The molecule has 1 aliphatic heterocycles. The molecule has 2 heterocycles. The van der Waals surface area contributed by atoms with Crippen LogP contribution in [-0.4, -0.2) is 53.9 Å². The van der Waals surface area contributed by atoms with Crippen LogP contribution in [-0.2, 0) is 0 Å². The molecule has 5 rings (SSSR count). The minimum atomic E-state index is -0.478. The van der Waals surface area contributed by atoms with Gasteiger partial charge in [-0.15, -0.1) is 0 Å². The van der Waals surface area contributed by atoms with Crippen molar-refractivity contribution in [2.24, 2.45) is 5.73 Å². The number of carbonyl (C=O) groups excluding carboxylic acids is 1. The van der Waals surface area contributed by atoms with Crippen molar-refractivity contribution in [1.29, 1.82) is 0 Å². The van der Waals surface area contributed by atoms with Crippen molar-refractivity contribution in [1.82, 2.24) is 9.88 Å². The minimum Gasteiger partial charge on any atom is -0.369 e. The Hall–Kier alpha value is -4.56. The molecule has 186 valence electrons. The number of benzene rings is 3. The van der Waals surface area contributed by atoms with Gasteiger partial charge in [-0.05, 0) is 66.7 Å². The second-order valence-corrected chi connectivity index (χ2v) is 9.21. The van der Waals surface area contributed by atoms with E-state index < -0.39 is 10.8 Å². The first-order valence-corrected chi connectivity index (χ1v) is 12.1. The molecule has 8 nitrogen and oxygen atoms in total. The molecule has 1 fully saturated rings. The van der Waals surface area contributed by atoms with Gasteiger partial charge in [0.25, 0.3) is 5.69 Å². The number of nitro groups is 1. The van der Waals surface area contributed by atoms with Gasteiger partial charge in [-0.1, -0.05) is 24.3 Å². The molecule has 0 atom stereocenters. The van der Waals surface area contributed by atoms with Crippen LogP contribution >= 0.6 is 0 Å². The quantitative estimate of drug-likeness (QED) is 0.304. The van der Waals surface area contributed by atoms with Gasteiger partial charge in [-0.3, -0.25) is 14.9 Å². The molecule has 0 bridgehead atoms. The number of non-ortho nitro benzene ring substituents is 1. The fourth-order valence-electron chi connectivity index (χ4n) is 4.48. The van der Waals surface area contributed by atoms with Crippen LogP contribution in [0.2, 0.25) is 0 Å². The molecule has 0 unspecified atom stereocenters. The van der Waals surface area contributed by atoms with Crippen molar-refractivity contribution in [3.05, 3.63) is 101 Å². The summed E-state index contributed by atoms with van der Waals surface area (Å²) in [5.74, 6) is -0.478. The molecule has 1 saturated heterocycles. The van der Waals surface area contributed by atoms with Gasteiger partial charge in [0, 0.05) is 60.7 Å². The fourth-order valence-corrected chi connectivity index (χ4v) is 4.48. The van der Waals surface area contributed by atoms with Gasteiger partial charge in [0.1, 0.15) is 0 Å². The highest BCUT2D eigenvalue weighted by Crippen LogP contribution is 2.32. The number of carbonyl (C=O) groups is 1. The third kappa shape index (κ3) is 5.34. The molecule has 0 saturated carbocycles. The highest BCUT2D eigenvalue weighted by atomic mass is 16.6. The van der Waals surface area contributed by atoms with E-state index in [9.17, 15) is 14.9 Å². The molecule has 1 aromatic heterocycles. The van der Waals surface area contributed by atoms with E-state index in [1.165, 1.54) is 17.8 Å². The second kappa shape index (κ2) is 10.2. The van der Waals surface area contributed by atoms with Crippen LogP contribution in [0.25, 0.3) is 33.6 Å². The van der Waals surface area contributed by atoms with Crippen molar-refractivity contribution < 1.29 is 9.72 Å². The van der Waals surface area contributed by atoms with Crippen molar-refractivity contribution in [3.63, 3.8) is 0 Å². The van der Waals surface area contributed by atoms with Gasteiger partial charge in [-0.25, -0.2) is 4.98 Å². The highest BCUT2D eigenvalue weighted by molar-refractivity contribution is 5.93. The lowest BCUT2D eigenvalue weighted by molar-refractivity contribution is -0.384. The number of rotatable bonds is 6.